The second kappa shape index (κ2) is 9.55. The van der Waals surface area contributed by atoms with Crippen LogP contribution in [-0.4, -0.2) is 31.1 Å². The SMILES string of the molecule is Cl.Cl.N#CC[C@H](c1cccc(C(F)(F)F)c1Cl)N1CCNCC1. The lowest BCUT2D eigenvalue weighted by Crippen LogP contribution is -2.45. The van der Waals surface area contributed by atoms with Crippen molar-refractivity contribution in [1.29, 1.82) is 5.26 Å². The molecule has 1 saturated heterocycles. The van der Waals surface area contributed by atoms with Crippen molar-refractivity contribution in [1.82, 2.24) is 10.2 Å². The fourth-order valence-corrected chi connectivity index (χ4v) is 2.90. The van der Waals surface area contributed by atoms with Crippen LogP contribution in [-0.2, 0) is 6.18 Å². The summed E-state index contributed by atoms with van der Waals surface area (Å²) in [6, 6.07) is 5.52. The molecular weight excluding hydrogens is 374 g/mol. The maximum absolute atomic E-state index is 12.9. The van der Waals surface area contributed by atoms with Crippen molar-refractivity contribution in [2.24, 2.45) is 0 Å². The Morgan fingerprint density at radius 2 is 1.87 bits per heavy atom. The molecule has 1 aliphatic rings. The van der Waals surface area contributed by atoms with Crippen molar-refractivity contribution in [3.05, 3.63) is 34.3 Å². The molecule has 9 heteroatoms. The topological polar surface area (TPSA) is 39.1 Å². The molecule has 1 heterocycles. The van der Waals surface area contributed by atoms with E-state index in [0.717, 1.165) is 19.2 Å². The molecule has 0 spiro atoms. The molecule has 1 aromatic rings. The van der Waals surface area contributed by atoms with Gasteiger partial charge in [0.25, 0.3) is 0 Å². The summed E-state index contributed by atoms with van der Waals surface area (Å²) in [7, 11) is 0. The third kappa shape index (κ3) is 5.40. The number of piperazine rings is 1. The molecule has 0 saturated carbocycles. The number of nitriles is 1. The predicted octanol–water partition coefficient (Wildman–Crippen LogP) is 4.06. The fourth-order valence-electron chi connectivity index (χ4n) is 2.54. The summed E-state index contributed by atoms with van der Waals surface area (Å²) in [5.41, 5.74) is -0.477. The van der Waals surface area contributed by atoms with E-state index in [1.807, 2.05) is 11.0 Å². The molecule has 1 aromatic carbocycles. The lowest BCUT2D eigenvalue weighted by atomic mass is 9.99. The van der Waals surface area contributed by atoms with E-state index >= 15 is 0 Å². The molecule has 1 fully saturated rings. The molecule has 1 aliphatic heterocycles. The van der Waals surface area contributed by atoms with Crippen LogP contribution in [0.2, 0.25) is 5.02 Å². The molecule has 0 aliphatic carbocycles. The quantitative estimate of drug-likeness (QED) is 0.846. The van der Waals surface area contributed by atoms with E-state index < -0.39 is 17.8 Å². The van der Waals surface area contributed by atoms with Crippen molar-refractivity contribution < 1.29 is 13.2 Å². The lowest BCUT2D eigenvalue weighted by molar-refractivity contribution is -0.137. The van der Waals surface area contributed by atoms with E-state index in [2.05, 4.69) is 5.32 Å². The van der Waals surface area contributed by atoms with Crippen LogP contribution in [0.4, 0.5) is 13.2 Å². The zero-order valence-corrected chi connectivity index (χ0v) is 14.5. The van der Waals surface area contributed by atoms with Crippen molar-refractivity contribution in [2.75, 3.05) is 26.2 Å². The Bertz CT molecular complexity index is 540. The molecule has 0 bridgehead atoms. The van der Waals surface area contributed by atoms with Crippen molar-refractivity contribution in [2.45, 2.75) is 18.6 Å². The van der Waals surface area contributed by atoms with Crippen LogP contribution >= 0.6 is 36.4 Å². The van der Waals surface area contributed by atoms with Crippen molar-refractivity contribution in [3.63, 3.8) is 0 Å². The van der Waals surface area contributed by atoms with Crippen LogP contribution in [0.15, 0.2) is 18.2 Å². The van der Waals surface area contributed by atoms with Gasteiger partial charge in [-0.2, -0.15) is 18.4 Å². The number of hydrogen-bond donors (Lipinski definition) is 1. The maximum Gasteiger partial charge on any atom is 0.417 e. The second-order valence-corrected chi connectivity index (χ2v) is 5.25. The smallest absolute Gasteiger partial charge is 0.314 e. The highest BCUT2D eigenvalue weighted by atomic mass is 35.5. The second-order valence-electron chi connectivity index (χ2n) is 4.87. The van der Waals surface area contributed by atoms with Gasteiger partial charge in [0.2, 0.25) is 0 Å². The number of nitrogens with one attached hydrogen (secondary N) is 1. The van der Waals surface area contributed by atoms with Crippen LogP contribution < -0.4 is 5.32 Å². The molecule has 1 N–H and O–H groups in total. The van der Waals surface area contributed by atoms with Crippen LogP contribution in [0.25, 0.3) is 0 Å². The van der Waals surface area contributed by atoms with E-state index in [9.17, 15) is 13.2 Å². The largest absolute Gasteiger partial charge is 0.417 e. The summed E-state index contributed by atoms with van der Waals surface area (Å²) >= 11 is 5.97. The van der Waals surface area contributed by atoms with Crippen molar-refractivity contribution >= 4 is 36.4 Å². The summed E-state index contributed by atoms with van der Waals surface area (Å²) in [5, 5.41) is 11.9. The Morgan fingerprint density at radius 1 is 1.26 bits per heavy atom. The number of rotatable bonds is 3. The van der Waals surface area contributed by atoms with Crippen LogP contribution in [0, 0.1) is 11.3 Å². The van der Waals surface area contributed by atoms with Crippen LogP contribution in [0.5, 0.6) is 0 Å². The summed E-state index contributed by atoms with van der Waals surface area (Å²) in [6.45, 7) is 2.86. The number of benzene rings is 1. The zero-order valence-electron chi connectivity index (χ0n) is 12.1. The number of alkyl halides is 3. The van der Waals surface area contributed by atoms with Gasteiger partial charge in [0.15, 0.2) is 0 Å². The molecule has 3 nitrogen and oxygen atoms in total. The molecule has 0 unspecified atom stereocenters. The third-order valence-electron chi connectivity index (χ3n) is 3.57. The number of hydrogen-bond acceptors (Lipinski definition) is 3. The lowest BCUT2D eigenvalue weighted by Gasteiger charge is -2.34. The molecule has 130 valence electrons. The zero-order chi connectivity index (χ0) is 15.5. The molecule has 0 radical (unpaired) electrons. The maximum atomic E-state index is 12.9. The predicted molar refractivity (Wildman–Crippen MR) is 88.4 cm³/mol. The summed E-state index contributed by atoms with van der Waals surface area (Å²) in [6.07, 6.45) is -4.38. The van der Waals surface area contributed by atoms with E-state index in [0.29, 0.717) is 18.7 Å². The van der Waals surface area contributed by atoms with Gasteiger partial charge in [0.1, 0.15) is 0 Å². The number of nitrogens with zero attached hydrogens (tertiary/aromatic N) is 2. The van der Waals surface area contributed by atoms with E-state index in [1.54, 1.807) is 6.07 Å². The first-order valence-corrected chi connectivity index (χ1v) is 7.00. The van der Waals surface area contributed by atoms with E-state index in [-0.39, 0.29) is 36.3 Å². The standard InChI is InChI=1S/C14H15ClF3N3.2ClH/c15-13-10(2-1-3-11(13)14(16,17)18)12(4-5-19)21-8-6-20-7-9-21;;/h1-3,12,20H,4,6-9H2;2*1H/t12-;;/m1../s1. The third-order valence-corrected chi connectivity index (χ3v) is 3.99. The molecule has 1 atom stereocenters. The Labute approximate surface area is 150 Å². The van der Waals surface area contributed by atoms with Gasteiger partial charge in [-0.05, 0) is 11.6 Å². The van der Waals surface area contributed by atoms with Crippen molar-refractivity contribution in [3.8, 4) is 6.07 Å². The number of halogens is 6. The normalized spacial score (nSPS) is 16.7. The van der Waals surface area contributed by atoms with E-state index in [4.69, 9.17) is 16.9 Å². The van der Waals surface area contributed by atoms with Gasteiger partial charge in [-0.25, -0.2) is 0 Å². The monoisotopic (exact) mass is 389 g/mol. The van der Waals surface area contributed by atoms with Gasteiger partial charge >= 0.3 is 6.18 Å². The molecule has 0 amide bonds. The molecule has 2 rings (SSSR count). The molecular formula is C14H17Cl3F3N3. The van der Waals surface area contributed by atoms with Gasteiger partial charge in [-0.1, -0.05) is 23.7 Å². The Hall–Kier alpha value is -0.710. The Morgan fingerprint density at radius 3 is 2.39 bits per heavy atom. The average Bonchev–Trinajstić information content (AvgIpc) is 2.45. The highest BCUT2D eigenvalue weighted by Crippen LogP contribution is 2.39. The minimum Gasteiger partial charge on any atom is -0.314 e. The minimum atomic E-state index is -4.49. The van der Waals surface area contributed by atoms with Crippen LogP contribution in [0.1, 0.15) is 23.6 Å². The first-order valence-electron chi connectivity index (χ1n) is 6.62. The van der Waals surface area contributed by atoms with Crippen LogP contribution in [0.3, 0.4) is 0 Å². The highest BCUT2D eigenvalue weighted by Gasteiger charge is 2.35. The minimum absolute atomic E-state index is 0. The highest BCUT2D eigenvalue weighted by molar-refractivity contribution is 6.32. The van der Waals surface area contributed by atoms with Gasteiger partial charge in [-0.3, -0.25) is 4.90 Å². The first-order chi connectivity index (χ1) is 9.95. The summed E-state index contributed by atoms with van der Waals surface area (Å²) in [5.74, 6) is 0. The van der Waals surface area contributed by atoms with Gasteiger partial charge in [0.05, 0.1) is 23.1 Å². The Kier molecular flexibility index (Phi) is 9.26. The fraction of sp³-hybridized carbons (Fsp3) is 0.500. The Balaban J connectivity index is 0.00000242. The molecule has 0 aromatic heterocycles. The van der Waals surface area contributed by atoms with E-state index in [1.165, 1.54) is 6.07 Å². The van der Waals surface area contributed by atoms with Gasteiger partial charge < -0.3 is 5.32 Å². The summed E-state index contributed by atoms with van der Waals surface area (Å²) < 4.78 is 38.8. The summed E-state index contributed by atoms with van der Waals surface area (Å²) in [4.78, 5) is 2.00. The first kappa shape index (κ1) is 22.3. The van der Waals surface area contributed by atoms with Gasteiger partial charge in [0, 0.05) is 32.2 Å². The molecule has 23 heavy (non-hydrogen) atoms. The average molecular weight is 391 g/mol. The van der Waals surface area contributed by atoms with Gasteiger partial charge in [-0.15, -0.1) is 24.8 Å².